The molecule has 2 unspecified atom stereocenters. The Morgan fingerprint density at radius 2 is 2.15 bits per heavy atom. The van der Waals surface area contributed by atoms with E-state index < -0.39 is 0 Å². The summed E-state index contributed by atoms with van der Waals surface area (Å²) in [6.45, 7) is 3.25. The molecule has 0 saturated carbocycles. The predicted molar refractivity (Wildman–Crippen MR) is 84.0 cm³/mol. The summed E-state index contributed by atoms with van der Waals surface area (Å²) in [5.74, 6) is 0.578. The maximum absolute atomic E-state index is 10.0. The topological polar surface area (TPSA) is 32.3 Å². The van der Waals surface area contributed by atoms with E-state index in [0.29, 0.717) is 5.92 Å². The number of nitrogens with one attached hydrogen (secondary N) is 1. The van der Waals surface area contributed by atoms with Crippen molar-refractivity contribution in [3.63, 3.8) is 0 Å². The molecule has 1 aliphatic rings. The van der Waals surface area contributed by atoms with E-state index in [1.807, 2.05) is 0 Å². The Morgan fingerprint density at radius 3 is 2.90 bits per heavy atom. The van der Waals surface area contributed by atoms with Crippen molar-refractivity contribution in [3.8, 4) is 0 Å². The van der Waals surface area contributed by atoms with Crippen LogP contribution in [0.2, 0.25) is 0 Å². The molecular formula is C17H21NOS. The average molecular weight is 287 g/mol. The van der Waals surface area contributed by atoms with E-state index in [1.54, 1.807) is 11.3 Å². The number of hydrogen-bond donors (Lipinski definition) is 2. The number of rotatable bonds is 4. The van der Waals surface area contributed by atoms with Crippen molar-refractivity contribution in [2.24, 2.45) is 0 Å². The van der Waals surface area contributed by atoms with Gasteiger partial charge < -0.3 is 10.4 Å². The van der Waals surface area contributed by atoms with Crippen molar-refractivity contribution >= 4 is 11.3 Å². The van der Waals surface area contributed by atoms with Crippen molar-refractivity contribution < 1.29 is 5.11 Å². The number of thiophene rings is 1. The molecule has 3 rings (SSSR count). The fourth-order valence-corrected chi connectivity index (χ4v) is 3.83. The lowest BCUT2D eigenvalue weighted by Crippen LogP contribution is -2.47. The zero-order valence-corrected chi connectivity index (χ0v) is 12.6. The maximum atomic E-state index is 10.0. The van der Waals surface area contributed by atoms with Gasteiger partial charge in [-0.1, -0.05) is 37.3 Å². The summed E-state index contributed by atoms with van der Waals surface area (Å²) in [5.41, 5.74) is 2.37. The van der Waals surface area contributed by atoms with E-state index in [0.717, 1.165) is 19.4 Å². The Balaban J connectivity index is 1.90. The lowest BCUT2D eigenvalue weighted by atomic mass is 9.72. The van der Waals surface area contributed by atoms with Gasteiger partial charge in [-0.05, 0) is 41.3 Å². The molecule has 1 heterocycles. The predicted octanol–water partition coefficient (Wildman–Crippen LogP) is 3.62. The van der Waals surface area contributed by atoms with Crippen molar-refractivity contribution in [1.82, 2.24) is 5.32 Å². The fraction of sp³-hybridized carbons (Fsp3) is 0.412. The summed E-state index contributed by atoms with van der Waals surface area (Å²) in [6, 6.07) is 12.8. The van der Waals surface area contributed by atoms with Gasteiger partial charge >= 0.3 is 0 Å². The Hall–Kier alpha value is -1.16. The molecule has 0 bridgehead atoms. The molecule has 106 valence electrons. The fourth-order valence-electron chi connectivity index (χ4n) is 3.19. The zero-order chi connectivity index (χ0) is 14.0. The van der Waals surface area contributed by atoms with Crippen LogP contribution in [0.5, 0.6) is 0 Å². The van der Waals surface area contributed by atoms with Crippen LogP contribution in [0, 0.1) is 0 Å². The highest BCUT2D eigenvalue weighted by atomic mass is 32.1. The highest BCUT2D eigenvalue weighted by Gasteiger charge is 2.37. The van der Waals surface area contributed by atoms with E-state index in [1.165, 1.54) is 16.0 Å². The lowest BCUT2D eigenvalue weighted by Gasteiger charge is -2.41. The molecule has 1 aromatic carbocycles. The quantitative estimate of drug-likeness (QED) is 0.900. The van der Waals surface area contributed by atoms with Gasteiger partial charge in [-0.15, -0.1) is 11.3 Å². The van der Waals surface area contributed by atoms with Crippen LogP contribution in [0.25, 0.3) is 0 Å². The Morgan fingerprint density at radius 1 is 1.30 bits per heavy atom. The molecule has 0 fully saturated rings. The van der Waals surface area contributed by atoms with Crippen LogP contribution in [0.4, 0.5) is 0 Å². The monoisotopic (exact) mass is 287 g/mol. The number of fused-ring (bicyclic) bond motifs is 1. The van der Waals surface area contributed by atoms with Crippen molar-refractivity contribution in [1.29, 1.82) is 0 Å². The highest BCUT2D eigenvalue weighted by molar-refractivity contribution is 7.09. The number of hydrogen-bond acceptors (Lipinski definition) is 3. The van der Waals surface area contributed by atoms with E-state index >= 15 is 0 Å². The summed E-state index contributed by atoms with van der Waals surface area (Å²) in [7, 11) is 0. The van der Waals surface area contributed by atoms with Gasteiger partial charge in [-0.25, -0.2) is 0 Å². The van der Waals surface area contributed by atoms with E-state index in [-0.39, 0.29) is 12.1 Å². The van der Waals surface area contributed by atoms with Crippen molar-refractivity contribution in [3.05, 3.63) is 57.8 Å². The second-order valence-corrected chi connectivity index (χ2v) is 6.73. The molecule has 20 heavy (non-hydrogen) atoms. The molecule has 0 aliphatic heterocycles. The first-order chi connectivity index (χ1) is 9.75. The summed E-state index contributed by atoms with van der Waals surface area (Å²) in [6.07, 6.45) is 2.11. The molecule has 1 aliphatic carbocycles. The van der Waals surface area contributed by atoms with E-state index in [4.69, 9.17) is 0 Å². The first-order valence-corrected chi connectivity index (χ1v) is 8.11. The van der Waals surface area contributed by atoms with Crippen molar-refractivity contribution in [2.75, 3.05) is 6.61 Å². The van der Waals surface area contributed by atoms with Gasteiger partial charge in [-0.2, -0.15) is 0 Å². The van der Waals surface area contributed by atoms with Gasteiger partial charge in [0, 0.05) is 11.4 Å². The SMILES string of the molecule is CC1CCC(CO)(NCc2cccs2)c2ccccc21. The van der Waals surface area contributed by atoms with Gasteiger partial charge in [0.15, 0.2) is 0 Å². The molecule has 1 aromatic heterocycles. The molecule has 2 N–H and O–H groups in total. The second kappa shape index (κ2) is 5.68. The Bertz CT molecular complexity index is 566. The third-order valence-corrected chi connectivity index (χ3v) is 5.34. The smallest absolute Gasteiger partial charge is 0.0674 e. The third-order valence-electron chi connectivity index (χ3n) is 4.46. The normalized spacial score (nSPS) is 25.4. The Labute approximate surface area is 124 Å². The summed E-state index contributed by atoms with van der Waals surface area (Å²) >= 11 is 1.76. The Kier molecular flexibility index (Phi) is 3.92. The maximum Gasteiger partial charge on any atom is 0.0674 e. The van der Waals surface area contributed by atoms with Gasteiger partial charge in [-0.3, -0.25) is 0 Å². The minimum atomic E-state index is -0.285. The second-order valence-electron chi connectivity index (χ2n) is 5.70. The lowest BCUT2D eigenvalue weighted by molar-refractivity contribution is 0.136. The molecule has 3 heteroatoms. The number of aliphatic hydroxyl groups excluding tert-OH is 1. The minimum absolute atomic E-state index is 0.155. The largest absolute Gasteiger partial charge is 0.394 e. The number of benzene rings is 1. The molecule has 0 saturated heterocycles. The summed E-state index contributed by atoms with van der Waals surface area (Å²) < 4.78 is 0. The van der Waals surface area contributed by atoms with Crippen LogP contribution in [0.3, 0.4) is 0 Å². The van der Waals surface area contributed by atoms with E-state index in [9.17, 15) is 5.11 Å². The molecule has 0 spiro atoms. The molecule has 2 nitrogen and oxygen atoms in total. The summed E-state index contributed by atoms with van der Waals surface area (Å²) in [5, 5.41) is 15.8. The standard InChI is InChI=1S/C17H21NOS/c1-13-8-9-17(12-19,16-7-3-2-6-15(13)16)18-11-14-5-4-10-20-14/h2-7,10,13,18-19H,8-9,11-12H2,1H3. The van der Waals surface area contributed by atoms with Gasteiger partial charge in [0.2, 0.25) is 0 Å². The first kappa shape index (κ1) is 13.8. The van der Waals surface area contributed by atoms with Gasteiger partial charge in [0.05, 0.1) is 12.1 Å². The van der Waals surface area contributed by atoms with Crippen LogP contribution < -0.4 is 5.32 Å². The molecular weight excluding hydrogens is 266 g/mol. The highest BCUT2D eigenvalue weighted by Crippen LogP contribution is 2.41. The number of aliphatic hydroxyl groups is 1. The van der Waals surface area contributed by atoms with Gasteiger partial charge in [0.1, 0.15) is 0 Å². The van der Waals surface area contributed by atoms with Gasteiger partial charge in [0.25, 0.3) is 0 Å². The molecule has 0 radical (unpaired) electrons. The third kappa shape index (κ3) is 2.41. The van der Waals surface area contributed by atoms with Crippen LogP contribution in [-0.4, -0.2) is 11.7 Å². The van der Waals surface area contributed by atoms with Crippen LogP contribution in [-0.2, 0) is 12.1 Å². The van der Waals surface area contributed by atoms with Crippen LogP contribution >= 0.6 is 11.3 Å². The van der Waals surface area contributed by atoms with Crippen LogP contribution in [0.1, 0.15) is 41.7 Å². The average Bonchev–Trinajstić information content (AvgIpc) is 3.01. The van der Waals surface area contributed by atoms with E-state index in [2.05, 4.69) is 54.0 Å². The van der Waals surface area contributed by atoms with Crippen molar-refractivity contribution in [2.45, 2.75) is 37.8 Å². The molecule has 0 amide bonds. The molecule has 2 aromatic rings. The first-order valence-electron chi connectivity index (χ1n) is 7.23. The summed E-state index contributed by atoms with van der Waals surface area (Å²) in [4.78, 5) is 1.31. The van der Waals surface area contributed by atoms with Crippen LogP contribution in [0.15, 0.2) is 41.8 Å². The zero-order valence-electron chi connectivity index (χ0n) is 11.8. The minimum Gasteiger partial charge on any atom is -0.394 e. The molecule has 2 atom stereocenters.